The predicted molar refractivity (Wildman–Crippen MR) is 129 cm³/mol. The zero-order valence-electron chi connectivity index (χ0n) is 18.5. The number of pyridine rings is 1. The zero-order chi connectivity index (χ0) is 24.0. The molecule has 0 radical (unpaired) electrons. The van der Waals surface area contributed by atoms with Gasteiger partial charge in [0.25, 0.3) is 5.91 Å². The van der Waals surface area contributed by atoms with E-state index in [1.165, 1.54) is 17.8 Å². The van der Waals surface area contributed by atoms with Gasteiger partial charge in [-0.15, -0.1) is 0 Å². The molecule has 0 unspecified atom stereocenters. The molecule has 0 saturated carbocycles. The highest BCUT2D eigenvalue weighted by Crippen LogP contribution is 2.25. The van der Waals surface area contributed by atoms with Crippen LogP contribution in [0.1, 0.15) is 42.3 Å². The van der Waals surface area contributed by atoms with Gasteiger partial charge in [0.2, 0.25) is 0 Å². The minimum atomic E-state index is -0.620. The van der Waals surface area contributed by atoms with Crippen LogP contribution in [0.5, 0.6) is 5.75 Å². The smallest absolute Gasteiger partial charge is 0.338 e. The highest BCUT2D eigenvalue weighted by molar-refractivity contribution is 6.36. The fourth-order valence-electron chi connectivity index (χ4n) is 2.84. The molecule has 3 aromatic rings. The molecule has 3 rings (SSSR count). The summed E-state index contributed by atoms with van der Waals surface area (Å²) in [5.74, 6) is -0.277. The van der Waals surface area contributed by atoms with Gasteiger partial charge in [0.15, 0.2) is 12.4 Å². The molecule has 0 aliphatic heterocycles. The Bertz CT molecular complexity index is 1120. The Morgan fingerprint density at radius 2 is 1.67 bits per heavy atom. The van der Waals surface area contributed by atoms with Gasteiger partial charge in [-0.05, 0) is 46.9 Å². The average Bonchev–Trinajstić information content (AvgIpc) is 2.78. The number of hydrogen-bond acceptors (Lipinski definition) is 5. The number of carbonyl (C=O) groups is 2. The first-order chi connectivity index (χ1) is 15.6. The van der Waals surface area contributed by atoms with E-state index in [4.69, 9.17) is 32.7 Å². The first kappa shape index (κ1) is 24.6. The van der Waals surface area contributed by atoms with E-state index in [-0.39, 0.29) is 16.3 Å². The third kappa shape index (κ3) is 7.20. The van der Waals surface area contributed by atoms with E-state index in [1.807, 2.05) is 12.1 Å². The van der Waals surface area contributed by atoms with Crippen LogP contribution in [0.25, 0.3) is 0 Å². The predicted octanol–water partition coefficient (Wildman–Crippen LogP) is 6.06. The number of rotatable bonds is 7. The molecule has 1 N–H and O–H groups in total. The second kappa shape index (κ2) is 10.7. The minimum Gasteiger partial charge on any atom is -0.489 e. The molecular weight excluding hydrogens is 463 g/mol. The molecule has 0 aliphatic rings. The lowest BCUT2D eigenvalue weighted by Crippen LogP contribution is -2.21. The third-order valence-corrected chi connectivity index (χ3v) is 5.21. The van der Waals surface area contributed by atoms with Gasteiger partial charge in [0, 0.05) is 6.20 Å². The molecular formula is C25H24Cl2N2O4. The van der Waals surface area contributed by atoms with Crippen LogP contribution in [-0.4, -0.2) is 23.5 Å². The van der Waals surface area contributed by atoms with Crippen molar-refractivity contribution in [1.29, 1.82) is 0 Å². The van der Waals surface area contributed by atoms with E-state index in [2.05, 4.69) is 43.2 Å². The fourth-order valence-corrected chi connectivity index (χ4v) is 3.27. The van der Waals surface area contributed by atoms with Crippen molar-refractivity contribution < 1.29 is 19.1 Å². The Labute approximate surface area is 202 Å². The maximum absolute atomic E-state index is 12.2. The number of nitrogens with zero attached hydrogens (tertiary/aromatic N) is 1. The molecule has 0 fully saturated rings. The Morgan fingerprint density at radius 3 is 2.27 bits per heavy atom. The Kier molecular flexibility index (Phi) is 7.95. The molecule has 6 nitrogen and oxygen atoms in total. The van der Waals surface area contributed by atoms with E-state index >= 15 is 0 Å². The number of aromatic nitrogens is 1. The third-order valence-electron chi connectivity index (χ3n) is 4.72. The van der Waals surface area contributed by atoms with Gasteiger partial charge in [-0.3, -0.25) is 4.79 Å². The molecule has 0 atom stereocenters. The van der Waals surface area contributed by atoms with Crippen molar-refractivity contribution in [2.75, 3.05) is 11.9 Å². The maximum Gasteiger partial charge on any atom is 0.338 e. The maximum atomic E-state index is 12.2. The van der Waals surface area contributed by atoms with Crippen molar-refractivity contribution >= 4 is 40.9 Å². The number of carbonyl (C=O) groups excluding carboxylic acids is 2. The van der Waals surface area contributed by atoms with E-state index in [0.29, 0.717) is 17.2 Å². The van der Waals surface area contributed by atoms with E-state index in [9.17, 15) is 9.59 Å². The summed E-state index contributed by atoms with van der Waals surface area (Å²) in [6.07, 6.45) is 1.35. The Hall–Kier alpha value is -3.09. The number of nitrogens with one attached hydrogen (secondary N) is 1. The lowest BCUT2D eigenvalue weighted by molar-refractivity contribution is -0.119. The monoisotopic (exact) mass is 486 g/mol. The highest BCUT2D eigenvalue weighted by atomic mass is 35.5. The van der Waals surface area contributed by atoms with Gasteiger partial charge in [-0.25, -0.2) is 9.78 Å². The first-order valence-corrected chi connectivity index (χ1v) is 11.0. The lowest BCUT2D eigenvalue weighted by atomic mass is 9.87. The number of benzene rings is 2. The van der Waals surface area contributed by atoms with Crippen LogP contribution in [0, 0.1) is 0 Å². The van der Waals surface area contributed by atoms with Crippen LogP contribution < -0.4 is 10.1 Å². The summed E-state index contributed by atoms with van der Waals surface area (Å²) >= 11 is 11.7. The number of halogens is 2. The topological polar surface area (TPSA) is 77.5 Å². The summed E-state index contributed by atoms with van der Waals surface area (Å²) in [7, 11) is 0. The van der Waals surface area contributed by atoms with Crippen LogP contribution in [0.2, 0.25) is 10.0 Å². The van der Waals surface area contributed by atoms with Crippen molar-refractivity contribution in [2.45, 2.75) is 32.8 Å². The summed E-state index contributed by atoms with van der Waals surface area (Å²) in [5, 5.41) is 2.99. The molecule has 1 heterocycles. The molecule has 1 amide bonds. The molecule has 8 heteroatoms. The molecule has 0 saturated heterocycles. The van der Waals surface area contributed by atoms with Crippen molar-refractivity contribution in [3.63, 3.8) is 0 Å². The van der Waals surface area contributed by atoms with E-state index < -0.39 is 18.5 Å². The molecule has 172 valence electrons. The normalized spacial score (nSPS) is 11.1. The zero-order valence-corrected chi connectivity index (χ0v) is 20.0. The quantitative estimate of drug-likeness (QED) is 0.410. The van der Waals surface area contributed by atoms with Crippen LogP contribution >= 0.6 is 23.2 Å². The summed E-state index contributed by atoms with van der Waals surface area (Å²) in [6.45, 7) is 6.37. The first-order valence-electron chi connectivity index (χ1n) is 10.2. The van der Waals surface area contributed by atoms with Crippen LogP contribution in [0.4, 0.5) is 5.82 Å². The number of anilines is 1. The minimum absolute atomic E-state index is 0.0867. The number of hydrogen-bond donors (Lipinski definition) is 1. The van der Waals surface area contributed by atoms with Crippen LogP contribution in [0.15, 0.2) is 60.8 Å². The summed E-state index contributed by atoms with van der Waals surface area (Å²) in [5.41, 5.74) is 2.54. The Balaban J connectivity index is 1.48. The van der Waals surface area contributed by atoms with E-state index in [1.54, 1.807) is 24.3 Å². The van der Waals surface area contributed by atoms with Gasteiger partial charge in [-0.2, -0.15) is 0 Å². The molecule has 2 aromatic carbocycles. The van der Waals surface area contributed by atoms with Crippen molar-refractivity contribution in [2.24, 2.45) is 0 Å². The van der Waals surface area contributed by atoms with Crippen molar-refractivity contribution in [3.05, 3.63) is 87.5 Å². The number of esters is 1. The highest BCUT2D eigenvalue weighted by Gasteiger charge is 2.14. The molecule has 0 aliphatic carbocycles. The summed E-state index contributed by atoms with van der Waals surface area (Å²) in [4.78, 5) is 28.1. The van der Waals surface area contributed by atoms with Crippen molar-refractivity contribution in [3.8, 4) is 5.75 Å². The number of amides is 1. The fraction of sp³-hybridized carbons (Fsp3) is 0.240. The van der Waals surface area contributed by atoms with Gasteiger partial charge < -0.3 is 14.8 Å². The van der Waals surface area contributed by atoms with Crippen LogP contribution in [-0.2, 0) is 21.6 Å². The molecule has 0 bridgehead atoms. The van der Waals surface area contributed by atoms with Gasteiger partial charge in [0.1, 0.15) is 12.4 Å². The summed E-state index contributed by atoms with van der Waals surface area (Å²) < 4.78 is 10.9. The SMILES string of the molecule is CC(C)(C)c1ccc(OCc2ccc(C(=O)OCC(=O)Nc3ncc(Cl)cc3Cl)cc2)cc1. The van der Waals surface area contributed by atoms with Gasteiger partial charge >= 0.3 is 5.97 Å². The Morgan fingerprint density at radius 1 is 1.00 bits per heavy atom. The second-order valence-corrected chi connectivity index (χ2v) is 9.21. The van der Waals surface area contributed by atoms with E-state index in [0.717, 1.165) is 11.3 Å². The number of ether oxygens (including phenoxy) is 2. The second-order valence-electron chi connectivity index (χ2n) is 8.37. The lowest BCUT2D eigenvalue weighted by Gasteiger charge is -2.19. The van der Waals surface area contributed by atoms with Gasteiger partial charge in [-0.1, -0.05) is 68.2 Å². The molecule has 1 aromatic heterocycles. The van der Waals surface area contributed by atoms with Gasteiger partial charge in [0.05, 0.1) is 15.6 Å². The summed E-state index contributed by atoms with van der Waals surface area (Å²) in [6, 6.07) is 16.3. The van der Waals surface area contributed by atoms with Crippen LogP contribution in [0.3, 0.4) is 0 Å². The standard InChI is InChI=1S/C25H24Cl2N2O4/c1-25(2,3)18-8-10-20(11-9-18)32-14-16-4-6-17(7-5-16)24(31)33-15-22(30)29-23-21(27)12-19(26)13-28-23/h4-13H,14-15H2,1-3H3,(H,28,29,30). The largest absolute Gasteiger partial charge is 0.489 e. The average molecular weight is 487 g/mol. The molecule has 0 spiro atoms. The van der Waals surface area contributed by atoms with Crippen molar-refractivity contribution in [1.82, 2.24) is 4.98 Å². The molecule has 33 heavy (non-hydrogen) atoms.